The Labute approximate surface area is 217 Å². The van der Waals surface area contributed by atoms with Crippen LogP contribution in [-0.2, 0) is 11.0 Å². The average Bonchev–Trinajstić information content (AvgIpc) is 3.57. The van der Waals surface area contributed by atoms with Gasteiger partial charge in [0.15, 0.2) is 0 Å². The lowest BCUT2D eigenvalue weighted by molar-refractivity contribution is -0.137. The number of nitrogens with zero attached hydrogens (tertiary/aromatic N) is 2. The molecule has 9 heteroatoms. The Bertz CT molecular complexity index is 1570. The monoisotopic (exact) mass is 517 g/mol. The smallest absolute Gasteiger partial charge is 0.347 e. The van der Waals surface area contributed by atoms with Gasteiger partial charge in [-0.05, 0) is 65.1 Å². The number of carbonyl (C=O) groups is 1. The number of rotatable bonds is 6. The summed E-state index contributed by atoms with van der Waals surface area (Å²) in [5, 5.41) is 3.88. The minimum atomic E-state index is -4.38. The number of alkyl halides is 3. The first-order chi connectivity index (χ1) is 18.1. The molecule has 2 aromatic heterocycles. The van der Waals surface area contributed by atoms with Gasteiger partial charge in [-0.3, -0.25) is 4.79 Å². The molecule has 38 heavy (non-hydrogen) atoms. The molecule has 0 aliphatic heterocycles. The van der Waals surface area contributed by atoms with Crippen LogP contribution < -0.4 is 11.1 Å². The molecule has 0 fully saturated rings. The minimum absolute atomic E-state index is 0.262. The zero-order valence-corrected chi connectivity index (χ0v) is 20.8. The zero-order valence-electron chi connectivity index (χ0n) is 20.8. The molecule has 0 aliphatic carbocycles. The molecular formula is C29H26F3N5O. The van der Waals surface area contributed by atoms with Gasteiger partial charge >= 0.3 is 6.18 Å². The lowest BCUT2D eigenvalue weighted by Gasteiger charge is -2.12. The summed E-state index contributed by atoms with van der Waals surface area (Å²) in [6.07, 6.45) is 0.676. The number of nitrogens with two attached hydrogens (primary N) is 1. The summed E-state index contributed by atoms with van der Waals surface area (Å²) in [6.45, 7) is 4.23. The summed E-state index contributed by atoms with van der Waals surface area (Å²) in [6, 6.07) is 17.6. The van der Waals surface area contributed by atoms with Crippen LogP contribution in [-0.4, -0.2) is 20.4 Å². The lowest BCUT2D eigenvalue weighted by atomic mass is 9.99. The highest BCUT2D eigenvalue weighted by atomic mass is 19.4. The molecule has 0 aliphatic rings. The van der Waals surface area contributed by atoms with Crippen LogP contribution in [0.4, 0.5) is 18.9 Å². The highest BCUT2D eigenvalue weighted by molar-refractivity contribution is 5.95. The lowest BCUT2D eigenvalue weighted by Crippen LogP contribution is -2.28. The van der Waals surface area contributed by atoms with E-state index in [0.29, 0.717) is 16.9 Å². The van der Waals surface area contributed by atoms with Crippen LogP contribution in [0.1, 0.15) is 42.6 Å². The number of carbonyl (C=O) groups excluding carboxylic acids is 1. The van der Waals surface area contributed by atoms with Crippen LogP contribution in [0.25, 0.3) is 27.7 Å². The third-order valence-corrected chi connectivity index (χ3v) is 6.55. The van der Waals surface area contributed by atoms with Crippen molar-refractivity contribution in [3.63, 3.8) is 0 Å². The summed E-state index contributed by atoms with van der Waals surface area (Å²) in [5.74, 6) is -0.102. The largest absolute Gasteiger partial charge is 0.416 e. The molecule has 4 N–H and O–H groups in total. The van der Waals surface area contributed by atoms with Gasteiger partial charge in [-0.15, -0.1) is 0 Å². The van der Waals surface area contributed by atoms with Crippen LogP contribution in [0.15, 0.2) is 85.5 Å². The number of amides is 1. The standard InChI is InChI=1S/C29H26F3N5O/c1-17(2)24-15-37(22-10-8-21(9-11-22)36-28(38)27(33)25-14-34-16-35-25)26-13-19(5-12-23(24)26)18-3-6-20(7-4-18)29(30,31)32/h3-17,27H,33H2,1-2H3,(H,34,35)(H,36,38)/t27-/m0/s1. The Morgan fingerprint density at radius 2 is 1.68 bits per heavy atom. The molecule has 0 unspecified atom stereocenters. The van der Waals surface area contributed by atoms with Crippen molar-refractivity contribution in [3.8, 4) is 16.8 Å². The first-order valence-corrected chi connectivity index (χ1v) is 12.1. The van der Waals surface area contributed by atoms with Gasteiger partial charge in [-0.25, -0.2) is 4.98 Å². The van der Waals surface area contributed by atoms with E-state index in [1.54, 1.807) is 12.1 Å². The summed E-state index contributed by atoms with van der Waals surface area (Å²) >= 11 is 0. The Balaban J connectivity index is 1.47. The van der Waals surface area contributed by atoms with E-state index in [1.165, 1.54) is 24.7 Å². The molecule has 2 heterocycles. The fourth-order valence-corrected chi connectivity index (χ4v) is 4.46. The van der Waals surface area contributed by atoms with Gasteiger partial charge < -0.3 is 20.6 Å². The van der Waals surface area contributed by atoms with Gasteiger partial charge in [0, 0.05) is 23.0 Å². The van der Waals surface area contributed by atoms with E-state index >= 15 is 0 Å². The van der Waals surface area contributed by atoms with Crippen molar-refractivity contribution in [1.82, 2.24) is 14.5 Å². The Morgan fingerprint density at radius 3 is 2.29 bits per heavy atom. The molecule has 5 rings (SSSR count). The molecule has 1 atom stereocenters. The number of halogens is 3. The molecule has 6 nitrogen and oxygen atoms in total. The number of nitrogens with one attached hydrogen (secondary N) is 2. The van der Waals surface area contributed by atoms with Crippen LogP contribution in [0.2, 0.25) is 0 Å². The maximum Gasteiger partial charge on any atom is 0.416 e. The van der Waals surface area contributed by atoms with Crippen molar-refractivity contribution in [2.24, 2.45) is 5.73 Å². The van der Waals surface area contributed by atoms with Gasteiger partial charge in [0.1, 0.15) is 6.04 Å². The van der Waals surface area contributed by atoms with Crippen LogP contribution in [0.3, 0.4) is 0 Å². The molecule has 194 valence electrons. The van der Waals surface area contributed by atoms with Gasteiger partial charge in [0.25, 0.3) is 0 Å². The van der Waals surface area contributed by atoms with Crippen LogP contribution in [0.5, 0.6) is 0 Å². The maximum absolute atomic E-state index is 13.0. The van der Waals surface area contributed by atoms with Crippen molar-refractivity contribution in [1.29, 1.82) is 0 Å². The van der Waals surface area contributed by atoms with E-state index in [9.17, 15) is 18.0 Å². The fourth-order valence-electron chi connectivity index (χ4n) is 4.46. The molecule has 3 aromatic carbocycles. The predicted octanol–water partition coefficient (Wildman–Crippen LogP) is 6.80. The van der Waals surface area contributed by atoms with Crippen LogP contribution >= 0.6 is 0 Å². The second-order valence-electron chi connectivity index (χ2n) is 9.44. The minimum Gasteiger partial charge on any atom is -0.347 e. The van der Waals surface area contributed by atoms with Crippen molar-refractivity contribution in [3.05, 3.63) is 102 Å². The van der Waals surface area contributed by atoms with Crippen molar-refractivity contribution in [2.75, 3.05) is 5.32 Å². The maximum atomic E-state index is 13.0. The molecule has 0 saturated heterocycles. The number of benzene rings is 3. The Kier molecular flexibility index (Phi) is 6.54. The summed E-state index contributed by atoms with van der Waals surface area (Å²) in [4.78, 5) is 19.2. The van der Waals surface area contributed by atoms with Gasteiger partial charge in [-0.2, -0.15) is 13.2 Å². The van der Waals surface area contributed by atoms with Gasteiger partial charge in [-0.1, -0.05) is 38.1 Å². The van der Waals surface area contributed by atoms with E-state index in [1.807, 2.05) is 30.3 Å². The highest BCUT2D eigenvalue weighted by Crippen LogP contribution is 2.35. The second-order valence-corrected chi connectivity index (χ2v) is 9.44. The Morgan fingerprint density at radius 1 is 1.00 bits per heavy atom. The quantitative estimate of drug-likeness (QED) is 0.231. The number of hydrogen-bond acceptors (Lipinski definition) is 3. The second kappa shape index (κ2) is 9.83. The molecule has 1 amide bonds. The average molecular weight is 518 g/mol. The number of imidazole rings is 1. The topological polar surface area (TPSA) is 88.7 Å². The number of fused-ring (bicyclic) bond motifs is 1. The Hall–Kier alpha value is -4.37. The van der Waals surface area contributed by atoms with E-state index in [2.05, 4.69) is 39.9 Å². The zero-order chi connectivity index (χ0) is 27.0. The molecule has 0 bridgehead atoms. The van der Waals surface area contributed by atoms with E-state index in [4.69, 9.17) is 5.73 Å². The third kappa shape index (κ3) is 4.92. The van der Waals surface area contributed by atoms with E-state index in [-0.39, 0.29) is 11.8 Å². The number of H-pyrrole nitrogens is 1. The number of anilines is 1. The summed E-state index contributed by atoms with van der Waals surface area (Å²) in [7, 11) is 0. The first kappa shape index (κ1) is 25.3. The number of aromatic amines is 1. The number of aromatic nitrogens is 3. The van der Waals surface area contributed by atoms with Crippen molar-refractivity contribution >= 4 is 22.5 Å². The summed E-state index contributed by atoms with van der Waals surface area (Å²) < 4.78 is 41.1. The van der Waals surface area contributed by atoms with Gasteiger partial charge in [0.2, 0.25) is 5.91 Å². The predicted molar refractivity (Wildman–Crippen MR) is 142 cm³/mol. The molecule has 5 aromatic rings. The molecular weight excluding hydrogens is 491 g/mol. The summed E-state index contributed by atoms with van der Waals surface area (Å²) in [5.41, 5.74) is 10.9. The normalized spacial score (nSPS) is 12.7. The van der Waals surface area contributed by atoms with E-state index < -0.39 is 17.8 Å². The van der Waals surface area contributed by atoms with Gasteiger partial charge in [0.05, 0.1) is 29.3 Å². The van der Waals surface area contributed by atoms with Crippen LogP contribution in [0, 0.1) is 0 Å². The van der Waals surface area contributed by atoms with E-state index in [0.717, 1.165) is 39.8 Å². The molecule has 0 spiro atoms. The first-order valence-electron chi connectivity index (χ1n) is 12.1. The molecule has 0 saturated carbocycles. The SMILES string of the molecule is CC(C)c1cn(-c2ccc(NC(=O)[C@@H](N)c3cnc[nH]3)cc2)c2cc(-c3ccc(C(F)(F)F)cc3)ccc12. The fraction of sp³-hybridized carbons (Fsp3) is 0.172. The number of hydrogen-bond donors (Lipinski definition) is 3. The third-order valence-electron chi connectivity index (χ3n) is 6.55. The molecule has 0 radical (unpaired) electrons. The van der Waals surface area contributed by atoms with Crippen molar-refractivity contribution in [2.45, 2.75) is 32.0 Å². The van der Waals surface area contributed by atoms with Crippen molar-refractivity contribution < 1.29 is 18.0 Å². The highest BCUT2D eigenvalue weighted by Gasteiger charge is 2.30.